The van der Waals surface area contributed by atoms with E-state index >= 15 is 0 Å². The molecule has 0 aromatic heterocycles. The number of hydrogen-bond acceptors (Lipinski definition) is 3. The first kappa shape index (κ1) is 24.8. The van der Waals surface area contributed by atoms with Crippen molar-refractivity contribution in [2.24, 2.45) is 5.92 Å². The number of para-hydroxylation sites is 1. The van der Waals surface area contributed by atoms with Crippen LogP contribution in [0.25, 0.3) is 0 Å². The van der Waals surface area contributed by atoms with Gasteiger partial charge in [0.25, 0.3) is 10.0 Å². The molecule has 3 aromatic rings. The molecule has 3 rings (SSSR count). The van der Waals surface area contributed by atoms with Crippen LogP contribution >= 0.6 is 11.6 Å². The van der Waals surface area contributed by atoms with E-state index in [2.05, 4.69) is 19.2 Å². The van der Waals surface area contributed by atoms with Crippen molar-refractivity contribution in [2.45, 2.75) is 38.1 Å². The minimum absolute atomic E-state index is 0.0738. The second-order valence-electron chi connectivity index (χ2n) is 8.41. The van der Waals surface area contributed by atoms with E-state index in [0.717, 1.165) is 17.5 Å². The van der Waals surface area contributed by atoms with E-state index in [-0.39, 0.29) is 23.4 Å². The Kier molecular flexibility index (Phi) is 8.16. The third kappa shape index (κ3) is 6.36. The van der Waals surface area contributed by atoms with Crippen LogP contribution in [0.3, 0.4) is 0 Å². The molecule has 1 atom stereocenters. The second kappa shape index (κ2) is 10.9. The number of sulfonamides is 1. The number of nitrogens with one attached hydrogen (secondary N) is 1. The summed E-state index contributed by atoms with van der Waals surface area (Å²) in [5.74, 6) is -0.0222. The van der Waals surface area contributed by atoms with Crippen LogP contribution in [0.4, 0.5) is 5.69 Å². The van der Waals surface area contributed by atoms with E-state index in [0.29, 0.717) is 16.6 Å². The van der Waals surface area contributed by atoms with Crippen LogP contribution in [0, 0.1) is 12.8 Å². The summed E-state index contributed by atoms with van der Waals surface area (Å²) in [6, 6.07) is 22.6. The molecule has 0 aliphatic heterocycles. The van der Waals surface area contributed by atoms with Gasteiger partial charge in [0, 0.05) is 5.02 Å². The van der Waals surface area contributed by atoms with Gasteiger partial charge < -0.3 is 5.32 Å². The fraction of sp³-hybridized carbons (Fsp3) is 0.269. The Balaban J connectivity index is 1.94. The Bertz CT molecular complexity index is 1180. The summed E-state index contributed by atoms with van der Waals surface area (Å²) in [7, 11) is -4.00. The monoisotopic (exact) mass is 484 g/mol. The Morgan fingerprint density at radius 3 is 2.15 bits per heavy atom. The van der Waals surface area contributed by atoms with E-state index in [1.165, 1.54) is 28.6 Å². The van der Waals surface area contributed by atoms with Crippen molar-refractivity contribution >= 4 is 33.2 Å². The molecule has 33 heavy (non-hydrogen) atoms. The Hall–Kier alpha value is -2.83. The molecule has 0 radical (unpaired) electrons. The molecule has 0 fully saturated rings. The smallest absolute Gasteiger partial charge is 0.264 e. The molecule has 7 heteroatoms. The summed E-state index contributed by atoms with van der Waals surface area (Å²) < 4.78 is 28.3. The van der Waals surface area contributed by atoms with Crippen molar-refractivity contribution in [3.63, 3.8) is 0 Å². The fourth-order valence-corrected chi connectivity index (χ4v) is 5.29. The first-order chi connectivity index (χ1) is 15.7. The molecule has 3 aromatic carbocycles. The molecule has 0 spiro atoms. The average molecular weight is 485 g/mol. The fourth-order valence-electron chi connectivity index (χ4n) is 3.68. The van der Waals surface area contributed by atoms with E-state index in [9.17, 15) is 13.2 Å². The van der Waals surface area contributed by atoms with Gasteiger partial charge in [0.05, 0.1) is 16.6 Å². The van der Waals surface area contributed by atoms with Gasteiger partial charge in [0.2, 0.25) is 5.91 Å². The highest BCUT2D eigenvalue weighted by molar-refractivity contribution is 7.92. The van der Waals surface area contributed by atoms with Gasteiger partial charge in [-0.15, -0.1) is 0 Å². The molecule has 0 saturated carbocycles. The molecule has 0 aliphatic rings. The standard InChI is InChI=1S/C26H29ClN2O3S/c1-19(2)17-24(21-10-5-4-6-11-21)28-26(30)18-29(25-12-8-7-9-20(25)3)33(31,32)23-15-13-22(27)14-16-23/h4-16,19,24H,17-18H2,1-3H3,(H,28,30)/t24-/m0/s1. The summed E-state index contributed by atoms with van der Waals surface area (Å²) in [6.45, 7) is 5.67. The number of carbonyl (C=O) groups excluding carboxylic acids is 1. The second-order valence-corrected chi connectivity index (χ2v) is 10.7. The summed E-state index contributed by atoms with van der Waals surface area (Å²) in [5, 5.41) is 3.49. The molecule has 0 unspecified atom stereocenters. The maximum atomic E-state index is 13.6. The molecule has 5 nitrogen and oxygen atoms in total. The highest BCUT2D eigenvalue weighted by Crippen LogP contribution is 2.28. The molecule has 0 heterocycles. The summed E-state index contributed by atoms with van der Waals surface area (Å²) in [6.07, 6.45) is 0.740. The van der Waals surface area contributed by atoms with Crippen LogP contribution in [-0.4, -0.2) is 20.9 Å². The van der Waals surface area contributed by atoms with Crippen molar-refractivity contribution in [1.82, 2.24) is 5.32 Å². The summed E-state index contributed by atoms with van der Waals surface area (Å²) in [5.41, 5.74) is 2.20. The number of rotatable bonds is 9. The lowest BCUT2D eigenvalue weighted by Gasteiger charge is -2.27. The van der Waals surface area contributed by atoms with Gasteiger partial charge in [-0.05, 0) is 60.7 Å². The van der Waals surface area contributed by atoms with Crippen LogP contribution in [0.1, 0.15) is 37.4 Å². The van der Waals surface area contributed by atoms with Gasteiger partial charge in [-0.1, -0.05) is 74.0 Å². The molecule has 0 saturated heterocycles. The van der Waals surface area contributed by atoms with Gasteiger partial charge in [-0.25, -0.2) is 8.42 Å². The number of amides is 1. The molecular weight excluding hydrogens is 456 g/mol. The van der Waals surface area contributed by atoms with E-state index in [1.807, 2.05) is 49.4 Å². The van der Waals surface area contributed by atoms with E-state index in [4.69, 9.17) is 11.6 Å². The molecule has 0 bridgehead atoms. The third-order valence-electron chi connectivity index (χ3n) is 5.32. The average Bonchev–Trinajstić information content (AvgIpc) is 2.78. The van der Waals surface area contributed by atoms with Gasteiger partial charge in [0.1, 0.15) is 6.54 Å². The van der Waals surface area contributed by atoms with Crippen LogP contribution in [0.2, 0.25) is 5.02 Å². The van der Waals surface area contributed by atoms with Crippen molar-refractivity contribution in [3.05, 3.63) is 95.0 Å². The first-order valence-electron chi connectivity index (χ1n) is 10.9. The zero-order valence-corrected chi connectivity index (χ0v) is 20.6. The number of hydrogen-bond donors (Lipinski definition) is 1. The lowest BCUT2D eigenvalue weighted by molar-refractivity contribution is -0.120. The number of aryl methyl sites for hydroxylation is 1. The van der Waals surface area contributed by atoms with Crippen LogP contribution in [-0.2, 0) is 14.8 Å². The van der Waals surface area contributed by atoms with Crippen LogP contribution in [0.5, 0.6) is 0 Å². The minimum atomic E-state index is -4.00. The quantitative estimate of drug-likeness (QED) is 0.420. The van der Waals surface area contributed by atoms with E-state index in [1.54, 1.807) is 12.1 Å². The number of halogens is 1. The van der Waals surface area contributed by atoms with Crippen LogP contribution in [0.15, 0.2) is 83.8 Å². The van der Waals surface area contributed by atoms with Gasteiger partial charge >= 0.3 is 0 Å². The summed E-state index contributed by atoms with van der Waals surface area (Å²) >= 11 is 5.95. The zero-order valence-electron chi connectivity index (χ0n) is 19.0. The minimum Gasteiger partial charge on any atom is -0.348 e. The predicted molar refractivity (Wildman–Crippen MR) is 134 cm³/mol. The molecular formula is C26H29ClN2O3S. The van der Waals surface area contributed by atoms with E-state index < -0.39 is 10.0 Å². The maximum absolute atomic E-state index is 13.6. The molecule has 1 N–H and O–H groups in total. The van der Waals surface area contributed by atoms with Gasteiger partial charge in [-0.3, -0.25) is 9.10 Å². The van der Waals surface area contributed by atoms with Gasteiger partial charge in [-0.2, -0.15) is 0 Å². The highest BCUT2D eigenvalue weighted by atomic mass is 35.5. The number of anilines is 1. The number of nitrogens with zero attached hydrogens (tertiary/aromatic N) is 1. The van der Waals surface area contributed by atoms with Crippen LogP contribution < -0.4 is 9.62 Å². The SMILES string of the molecule is Cc1ccccc1N(CC(=O)N[C@@H](CC(C)C)c1ccccc1)S(=O)(=O)c1ccc(Cl)cc1. The van der Waals surface area contributed by atoms with Gasteiger partial charge in [0.15, 0.2) is 0 Å². The first-order valence-corrected chi connectivity index (χ1v) is 12.7. The number of carbonyl (C=O) groups is 1. The zero-order chi connectivity index (χ0) is 24.0. The number of benzene rings is 3. The van der Waals surface area contributed by atoms with Crippen molar-refractivity contribution < 1.29 is 13.2 Å². The Morgan fingerprint density at radius 1 is 0.939 bits per heavy atom. The third-order valence-corrected chi connectivity index (χ3v) is 7.34. The Labute approximate surface area is 201 Å². The lowest BCUT2D eigenvalue weighted by atomic mass is 9.97. The van der Waals surface area contributed by atoms with Crippen molar-refractivity contribution in [2.75, 3.05) is 10.8 Å². The largest absolute Gasteiger partial charge is 0.348 e. The van der Waals surface area contributed by atoms with Crippen molar-refractivity contribution in [1.29, 1.82) is 0 Å². The Morgan fingerprint density at radius 2 is 1.55 bits per heavy atom. The maximum Gasteiger partial charge on any atom is 0.264 e. The molecule has 174 valence electrons. The topological polar surface area (TPSA) is 66.5 Å². The molecule has 1 amide bonds. The predicted octanol–water partition coefficient (Wildman–Crippen LogP) is 5.75. The molecule has 0 aliphatic carbocycles. The normalized spacial score (nSPS) is 12.4. The van der Waals surface area contributed by atoms with Crippen molar-refractivity contribution in [3.8, 4) is 0 Å². The lowest BCUT2D eigenvalue weighted by Crippen LogP contribution is -2.42. The highest BCUT2D eigenvalue weighted by Gasteiger charge is 2.29. The summed E-state index contributed by atoms with van der Waals surface area (Å²) in [4.78, 5) is 13.3.